The predicted octanol–water partition coefficient (Wildman–Crippen LogP) is 2.21. The van der Waals surface area contributed by atoms with E-state index < -0.39 is 0 Å². The van der Waals surface area contributed by atoms with Gasteiger partial charge in [0.15, 0.2) is 0 Å². The zero-order valence-corrected chi connectivity index (χ0v) is 11.1. The molecule has 0 unspecified atom stereocenters. The summed E-state index contributed by atoms with van der Waals surface area (Å²) in [5.74, 6) is 0.157. The summed E-state index contributed by atoms with van der Waals surface area (Å²) >= 11 is 5.05. The van der Waals surface area contributed by atoms with Gasteiger partial charge in [-0.25, -0.2) is 0 Å². The fourth-order valence-corrected chi connectivity index (χ4v) is 2.74. The summed E-state index contributed by atoms with van der Waals surface area (Å²) in [6.07, 6.45) is 1.30. The maximum atomic E-state index is 11.6. The Morgan fingerprint density at radius 3 is 2.87 bits per heavy atom. The van der Waals surface area contributed by atoms with Crippen LogP contribution in [0.4, 0.5) is 0 Å². The van der Waals surface area contributed by atoms with E-state index in [4.69, 9.17) is 5.73 Å². The maximum Gasteiger partial charge on any atom is 0.222 e. The van der Waals surface area contributed by atoms with Gasteiger partial charge in [-0.2, -0.15) is 0 Å². The molecule has 1 amide bonds. The van der Waals surface area contributed by atoms with Crippen LogP contribution >= 0.6 is 27.3 Å². The monoisotopic (exact) mass is 290 g/mol. The number of amides is 1. The molecule has 0 saturated heterocycles. The highest BCUT2D eigenvalue weighted by molar-refractivity contribution is 9.11. The first-order valence-electron chi connectivity index (χ1n) is 4.81. The Morgan fingerprint density at radius 2 is 2.33 bits per heavy atom. The van der Waals surface area contributed by atoms with E-state index in [9.17, 15) is 4.79 Å². The molecule has 0 radical (unpaired) electrons. The van der Waals surface area contributed by atoms with Crippen molar-refractivity contribution in [3.63, 3.8) is 0 Å². The number of halogens is 1. The van der Waals surface area contributed by atoms with Gasteiger partial charge in [0, 0.05) is 18.3 Å². The molecule has 2 N–H and O–H groups in total. The molecule has 0 spiro atoms. The first-order chi connectivity index (χ1) is 7.13. The van der Waals surface area contributed by atoms with Gasteiger partial charge in [0.05, 0.1) is 10.3 Å². The van der Waals surface area contributed by atoms with Crippen molar-refractivity contribution < 1.29 is 4.79 Å². The van der Waals surface area contributed by atoms with Crippen molar-refractivity contribution in [2.75, 3.05) is 13.6 Å². The van der Waals surface area contributed by atoms with Gasteiger partial charge in [-0.1, -0.05) is 0 Å². The smallest absolute Gasteiger partial charge is 0.222 e. The van der Waals surface area contributed by atoms with Crippen LogP contribution in [0.25, 0.3) is 0 Å². The van der Waals surface area contributed by atoms with Crippen LogP contribution in [0, 0.1) is 0 Å². The summed E-state index contributed by atoms with van der Waals surface area (Å²) in [4.78, 5) is 14.5. The highest BCUT2D eigenvalue weighted by Gasteiger charge is 2.09. The molecular formula is C10H15BrN2OS. The molecule has 0 fully saturated rings. The maximum absolute atomic E-state index is 11.6. The van der Waals surface area contributed by atoms with Crippen molar-refractivity contribution in [3.8, 4) is 0 Å². The Kier molecular flexibility index (Phi) is 5.28. The number of carbonyl (C=O) groups is 1. The molecule has 0 bridgehead atoms. The van der Waals surface area contributed by atoms with E-state index in [0.29, 0.717) is 19.5 Å². The number of thiophene rings is 1. The fraction of sp³-hybridized carbons (Fsp3) is 0.500. The topological polar surface area (TPSA) is 46.3 Å². The summed E-state index contributed by atoms with van der Waals surface area (Å²) in [6.45, 7) is 1.25. The highest BCUT2D eigenvalue weighted by Crippen LogP contribution is 2.23. The fourth-order valence-electron chi connectivity index (χ4n) is 1.20. The summed E-state index contributed by atoms with van der Waals surface area (Å²) in [7, 11) is 1.83. The third-order valence-corrected chi connectivity index (χ3v) is 3.65. The minimum absolute atomic E-state index is 0.157. The number of rotatable bonds is 5. The second-order valence-electron chi connectivity index (χ2n) is 3.35. The van der Waals surface area contributed by atoms with E-state index in [2.05, 4.69) is 15.9 Å². The van der Waals surface area contributed by atoms with E-state index in [1.165, 1.54) is 4.88 Å². The van der Waals surface area contributed by atoms with Gasteiger partial charge in [-0.05, 0) is 41.0 Å². The zero-order chi connectivity index (χ0) is 11.3. The van der Waals surface area contributed by atoms with Crippen LogP contribution in [-0.2, 0) is 11.3 Å². The molecule has 0 aliphatic heterocycles. The molecule has 0 atom stereocenters. The number of hydrogen-bond acceptors (Lipinski definition) is 3. The molecule has 1 heterocycles. The van der Waals surface area contributed by atoms with Crippen LogP contribution in [0.3, 0.4) is 0 Å². The third-order valence-electron chi connectivity index (χ3n) is 2.04. The number of carbonyl (C=O) groups excluding carboxylic acids is 1. The standard InChI is InChI=1S/C10H15BrN2OS/c1-13(10(14)3-2-6-12)7-8-4-5-9(11)15-8/h4-5H,2-3,6-7,12H2,1H3. The van der Waals surface area contributed by atoms with Crippen molar-refractivity contribution in [2.24, 2.45) is 5.73 Å². The van der Waals surface area contributed by atoms with Crippen LogP contribution in [0.2, 0.25) is 0 Å². The third kappa shape index (κ3) is 4.32. The Morgan fingerprint density at radius 1 is 1.60 bits per heavy atom. The molecule has 5 heteroatoms. The largest absolute Gasteiger partial charge is 0.341 e. The molecule has 1 rings (SSSR count). The molecule has 84 valence electrons. The lowest BCUT2D eigenvalue weighted by Crippen LogP contribution is -2.26. The molecule has 1 aromatic heterocycles. The van der Waals surface area contributed by atoms with Crippen molar-refractivity contribution in [2.45, 2.75) is 19.4 Å². The number of hydrogen-bond donors (Lipinski definition) is 1. The van der Waals surface area contributed by atoms with Gasteiger partial charge in [0.2, 0.25) is 5.91 Å². The van der Waals surface area contributed by atoms with Crippen LogP contribution in [0.1, 0.15) is 17.7 Å². The summed E-state index contributed by atoms with van der Waals surface area (Å²) < 4.78 is 1.10. The SMILES string of the molecule is CN(Cc1ccc(Br)s1)C(=O)CCCN. The average Bonchev–Trinajstić information content (AvgIpc) is 2.60. The van der Waals surface area contributed by atoms with Crippen molar-refractivity contribution in [1.29, 1.82) is 0 Å². The normalized spacial score (nSPS) is 10.3. The summed E-state index contributed by atoms with van der Waals surface area (Å²) in [6, 6.07) is 4.03. The molecule has 0 saturated carbocycles. The molecular weight excluding hydrogens is 276 g/mol. The van der Waals surface area contributed by atoms with Crippen LogP contribution in [0.5, 0.6) is 0 Å². The molecule has 3 nitrogen and oxygen atoms in total. The average molecular weight is 291 g/mol. The van der Waals surface area contributed by atoms with E-state index in [1.54, 1.807) is 16.2 Å². The van der Waals surface area contributed by atoms with Gasteiger partial charge in [-0.3, -0.25) is 4.79 Å². The van der Waals surface area contributed by atoms with Gasteiger partial charge >= 0.3 is 0 Å². The lowest BCUT2D eigenvalue weighted by Gasteiger charge is -2.15. The van der Waals surface area contributed by atoms with E-state index in [1.807, 2.05) is 19.2 Å². The molecule has 15 heavy (non-hydrogen) atoms. The molecule has 0 aliphatic carbocycles. The van der Waals surface area contributed by atoms with Gasteiger partial charge in [0.1, 0.15) is 0 Å². The van der Waals surface area contributed by atoms with Gasteiger partial charge in [-0.15, -0.1) is 11.3 Å². The highest BCUT2D eigenvalue weighted by atomic mass is 79.9. The summed E-state index contributed by atoms with van der Waals surface area (Å²) in [5.41, 5.74) is 5.36. The number of nitrogens with two attached hydrogens (primary N) is 1. The first kappa shape index (κ1) is 12.7. The summed E-state index contributed by atoms with van der Waals surface area (Å²) in [5, 5.41) is 0. The first-order valence-corrected chi connectivity index (χ1v) is 6.42. The lowest BCUT2D eigenvalue weighted by molar-refractivity contribution is -0.130. The molecule has 1 aromatic rings. The quantitative estimate of drug-likeness (QED) is 0.904. The van der Waals surface area contributed by atoms with Crippen LogP contribution in [0.15, 0.2) is 15.9 Å². The van der Waals surface area contributed by atoms with Gasteiger partial charge < -0.3 is 10.6 Å². The minimum atomic E-state index is 0.157. The molecule has 0 aromatic carbocycles. The zero-order valence-electron chi connectivity index (χ0n) is 8.70. The van der Waals surface area contributed by atoms with E-state index in [0.717, 1.165) is 10.2 Å². The van der Waals surface area contributed by atoms with E-state index >= 15 is 0 Å². The lowest BCUT2D eigenvalue weighted by atomic mass is 10.3. The Hall–Kier alpha value is -0.390. The second kappa shape index (κ2) is 6.25. The van der Waals surface area contributed by atoms with Crippen molar-refractivity contribution in [1.82, 2.24) is 4.90 Å². The Balaban J connectivity index is 2.41. The van der Waals surface area contributed by atoms with E-state index in [-0.39, 0.29) is 5.91 Å². The van der Waals surface area contributed by atoms with Crippen molar-refractivity contribution in [3.05, 3.63) is 20.8 Å². The second-order valence-corrected chi connectivity index (χ2v) is 5.90. The minimum Gasteiger partial charge on any atom is -0.341 e. The van der Waals surface area contributed by atoms with Gasteiger partial charge in [0.25, 0.3) is 0 Å². The number of nitrogens with zero attached hydrogens (tertiary/aromatic N) is 1. The van der Waals surface area contributed by atoms with Crippen LogP contribution in [-0.4, -0.2) is 24.4 Å². The Labute approximate surface area is 102 Å². The predicted molar refractivity (Wildman–Crippen MR) is 66.8 cm³/mol. The van der Waals surface area contributed by atoms with Crippen molar-refractivity contribution >= 4 is 33.2 Å². The Bertz CT molecular complexity index is 327. The molecule has 0 aliphatic rings. The van der Waals surface area contributed by atoms with Crippen LogP contribution < -0.4 is 5.73 Å².